The highest BCUT2D eigenvalue weighted by Crippen LogP contribution is 2.39. The highest BCUT2D eigenvalue weighted by molar-refractivity contribution is 6.31. The number of likely N-dealkylation sites (N-methyl/N-ethyl adjacent to an activating group) is 2. The van der Waals surface area contributed by atoms with Gasteiger partial charge in [-0.05, 0) is 185 Å². The van der Waals surface area contributed by atoms with Crippen LogP contribution in [0.25, 0.3) is 22.7 Å². The topological polar surface area (TPSA) is 310 Å². The van der Waals surface area contributed by atoms with E-state index in [1.807, 2.05) is 170 Å². The number of imidazole rings is 4. The maximum atomic E-state index is 12.9. The molecule has 4 fully saturated rings. The zero-order chi connectivity index (χ0) is 94.6. The van der Waals surface area contributed by atoms with Crippen molar-refractivity contribution in [2.45, 2.75) is 164 Å². The van der Waals surface area contributed by atoms with Gasteiger partial charge < -0.3 is 49.3 Å². The van der Waals surface area contributed by atoms with Crippen molar-refractivity contribution < 1.29 is 37.8 Å². The molecular formula is C91H106Cl3F3N26O4. The summed E-state index contributed by atoms with van der Waals surface area (Å²) < 4.78 is 79.5. The second-order valence-corrected chi connectivity index (χ2v) is 34.4. The summed E-state index contributed by atoms with van der Waals surface area (Å²) in [4.78, 5) is 113. The molecule has 10 atom stereocenters. The first-order valence-corrected chi connectivity index (χ1v) is 43.0. The molecule has 0 radical (unpaired) electrons. The summed E-state index contributed by atoms with van der Waals surface area (Å²) in [7, 11) is 2.89. The number of hydrogen-bond donors (Lipinski definition) is 4. The van der Waals surface area contributed by atoms with E-state index in [0.29, 0.717) is 98.3 Å². The number of aromatic nitrogens is 16. The van der Waals surface area contributed by atoms with Crippen LogP contribution in [0, 0.1) is 35.5 Å². The molecule has 0 aliphatic carbocycles. The third-order valence-electron chi connectivity index (χ3n) is 22.1. The zero-order valence-electron chi connectivity index (χ0n) is 77.2. The lowest BCUT2D eigenvalue weighted by molar-refractivity contribution is -0.137. The number of amides is 6. The van der Waals surface area contributed by atoms with Crippen LogP contribution in [-0.2, 0) is 15.8 Å². The number of rotatable bonds is 24. The Kier molecular flexibility index (Phi) is 27.2. The molecule has 127 heavy (non-hydrogen) atoms. The molecule has 4 saturated heterocycles. The third-order valence-corrected chi connectivity index (χ3v) is 22.9. The summed E-state index contributed by atoms with van der Waals surface area (Å²) in [6, 6.07) is 31.3. The Bertz CT molecular complexity index is 5800. The summed E-state index contributed by atoms with van der Waals surface area (Å²) in [5.41, 5.74) is 5.79. The predicted molar refractivity (Wildman–Crippen MR) is 489 cm³/mol. The largest absolute Gasteiger partial charge is 0.416 e. The zero-order valence-corrected chi connectivity index (χ0v) is 75.5. The van der Waals surface area contributed by atoms with Crippen molar-refractivity contribution in [1.29, 1.82) is 0 Å². The summed E-state index contributed by atoms with van der Waals surface area (Å²) >= 11 is 17.9. The van der Waals surface area contributed by atoms with Crippen molar-refractivity contribution in [1.82, 2.24) is 87.9 Å². The number of carbonyl (C=O) groups is 4. The molecule has 0 saturated carbocycles. The molecule has 16 rings (SSSR count). The van der Waals surface area contributed by atoms with Gasteiger partial charge in [-0.15, -0.1) is 0 Å². The Hall–Kier alpha value is -12.6. The Balaban J connectivity index is 0.000000149. The van der Waals surface area contributed by atoms with Crippen LogP contribution in [0.15, 0.2) is 196 Å². The van der Waals surface area contributed by atoms with Gasteiger partial charge in [-0.3, -0.25) is 29.2 Å². The van der Waals surface area contributed by atoms with E-state index in [4.69, 9.17) is 40.3 Å². The number of halogens is 6. The number of urea groups is 2. The Labute approximate surface area is 757 Å². The maximum Gasteiger partial charge on any atom is 0.416 e. The SMILES string of the molecule is CC(C)[C@H]1[C@@H](C)CC(=O)N1c1ccnc(N[C@@H](C)c2cn(-c3ccc(Cl)cc3)cn2)n1.CC(C)[C@H]1[C@H](C)CC(=O)N1c1ccnc(N[C@@H](C)c2cn(-c3ccc(Cl)cc3)cn2)n1.[2H]C1([2H])[C@H](C(C)C)N(c2ccnc(N[C@@H](C)c3cn(-c4ccc(C(F)(F)F)cc4)cn3)n2)C(=O)N1C.[2H]C1([2H])[C@H](C(C)C)N(c2ccnc(N[C@@H](C)c3cn(-c4ccc(Cl)cc4)cn3)n2)C(=O)N1C. The minimum atomic E-state index is -4.40. The average Bonchev–Trinajstić information content (AvgIpc) is 1.59. The van der Waals surface area contributed by atoms with Gasteiger partial charge in [-0.1, -0.05) is 104 Å². The lowest BCUT2D eigenvalue weighted by Gasteiger charge is -2.29. The number of nitrogens with zero attached hydrogens (tertiary/aromatic N) is 22. The standard InChI is InChI=1S/2C23H27ClN6O.C23H26F3N7O.C22H26ClN7O/c2*1-14(2)22-15(3)11-21(31)30(22)20-9-10-25-23(28-20)27-16(4)19-12-29(13-26-19)18-7-5-17(24)6-8-18;1-14(2)19-12-31(4)22(34)33(19)20-9-10-27-21(30-20)29-15(3)18-11-32(13-28-18)17-7-5-16(6-8-17)23(24,25)26;1-14(2)19-12-28(4)22(31)30(19)20-9-10-24-21(27-20)26-15(3)18-11-29(13-25-18)17-7-5-16(23)6-8-17/h2*5-10,12-16,22H,11H2,1-4H3,(H,25,27,28);5-11,13-15,19H,12H2,1-4H3,(H,27,29,30);5-11,13-15,19H,12H2,1-4H3,(H,24,26,27)/t15-,16+,22+;15-,16-,22-;2*15-,19+/m1000/s1/i;;2*12D2. The van der Waals surface area contributed by atoms with Gasteiger partial charge in [0.25, 0.3) is 0 Å². The highest BCUT2D eigenvalue weighted by atomic mass is 35.5. The molecule has 36 heteroatoms. The van der Waals surface area contributed by atoms with E-state index in [1.54, 1.807) is 72.6 Å². The van der Waals surface area contributed by atoms with Gasteiger partial charge in [-0.25, -0.2) is 49.5 Å². The Morgan fingerprint density at radius 3 is 0.866 bits per heavy atom. The van der Waals surface area contributed by atoms with Crippen molar-refractivity contribution in [3.05, 3.63) is 240 Å². The molecule has 0 bridgehead atoms. The number of anilines is 8. The van der Waals surface area contributed by atoms with Crippen LogP contribution in [-0.4, -0.2) is 163 Å². The number of carbonyl (C=O) groups excluding carboxylic acids is 4. The number of nitrogens with one attached hydrogen (secondary N) is 4. The van der Waals surface area contributed by atoms with Gasteiger partial charge in [0.1, 0.15) is 23.3 Å². The second kappa shape index (κ2) is 39.9. The van der Waals surface area contributed by atoms with E-state index >= 15 is 0 Å². The first-order chi connectivity index (χ1) is 62.1. The van der Waals surface area contributed by atoms with Crippen LogP contribution < -0.4 is 40.9 Å². The normalized spacial score (nSPS) is 19.9. The van der Waals surface area contributed by atoms with Gasteiger partial charge in [0.15, 0.2) is 0 Å². The molecule has 12 aromatic rings. The molecule has 12 heterocycles. The van der Waals surface area contributed by atoms with Gasteiger partial charge in [-0.2, -0.15) is 33.1 Å². The second-order valence-electron chi connectivity index (χ2n) is 33.1. The maximum absolute atomic E-state index is 12.9. The van der Waals surface area contributed by atoms with E-state index in [2.05, 4.69) is 123 Å². The van der Waals surface area contributed by atoms with Crippen LogP contribution in [0.1, 0.15) is 168 Å². The van der Waals surface area contributed by atoms with Crippen molar-refractivity contribution in [3.63, 3.8) is 0 Å². The van der Waals surface area contributed by atoms with E-state index in [0.717, 1.165) is 56.1 Å². The summed E-state index contributed by atoms with van der Waals surface area (Å²) in [6.45, 7) is 24.4. The quantitative estimate of drug-likeness (QED) is 0.0437. The van der Waals surface area contributed by atoms with Gasteiger partial charge in [0.2, 0.25) is 35.6 Å². The molecule has 4 aliphatic rings. The van der Waals surface area contributed by atoms with E-state index in [-0.39, 0.29) is 71.7 Å². The Morgan fingerprint density at radius 1 is 0.370 bits per heavy atom. The van der Waals surface area contributed by atoms with E-state index < -0.39 is 48.9 Å². The predicted octanol–water partition coefficient (Wildman–Crippen LogP) is 18.9. The van der Waals surface area contributed by atoms with Crippen LogP contribution in [0.2, 0.25) is 15.1 Å². The molecule has 4 aliphatic heterocycles. The average molecular weight is 1800 g/mol. The molecule has 8 aromatic heterocycles. The minimum absolute atomic E-state index is 0.113. The monoisotopic (exact) mass is 1790 g/mol. The molecule has 0 unspecified atom stereocenters. The minimum Gasteiger partial charge on any atom is -0.346 e. The first-order valence-electron chi connectivity index (χ1n) is 43.8. The number of benzene rings is 4. The van der Waals surface area contributed by atoms with E-state index in [9.17, 15) is 32.3 Å². The Morgan fingerprint density at radius 2 is 0.622 bits per heavy atom. The molecule has 666 valence electrons. The van der Waals surface area contributed by atoms with Crippen molar-refractivity contribution in [2.75, 3.05) is 68.0 Å². The number of alkyl halides is 3. The summed E-state index contributed by atoms with van der Waals surface area (Å²) in [5.74, 6) is 4.64. The van der Waals surface area contributed by atoms with Crippen molar-refractivity contribution in [3.8, 4) is 22.7 Å². The molecular weight excluding hydrogens is 1680 g/mol. The fraction of sp³-hybridized carbons (Fsp3) is 0.385. The molecule has 4 N–H and O–H groups in total. The molecule has 6 amide bonds. The van der Waals surface area contributed by atoms with Crippen LogP contribution in [0.4, 0.5) is 69.8 Å². The van der Waals surface area contributed by atoms with Gasteiger partial charge in [0.05, 0.1) is 95.4 Å². The van der Waals surface area contributed by atoms with Gasteiger partial charge >= 0.3 is 18.2 Å². The number of hydrogen-bond acceptors (Lipinski definition) is 20. The van der Waals surface area contributed by atoms with Crippen LogP contribution in [0.3, 0.4) is 0 Å². The smallest absolute Gasteiger partial charge is 0.346 e. The van der Waals surface area contributed by atoms with Gasteiger partial charge in [0, 0.05) is 139 Å². The van der Waals surface area contributed by atoms with Crippen LogP contribution in [0.5, 0.6) is 0 Å². The fourth-order valence-corrected chi connectivity index (χ4v) is 16.0. The summed E-state index contributed by atoms with van der Waals surface area (Å²) in [6.07, 6.45) is 17.4. The molecule has 30 nitrogen and oxygen atoms in total. The van der Waals surface area contributed by atoms with Crippen molar-refractivity contribution >= 4 is 106 Å². The lowest BCUT2D eigenvalue weighted by atomic mass is 9.93. The molecule has 4 aromatic carbocycles. The third kappa shape index (κ3) is 21.9. The molecule has 0 spiro atoms. The van der Waals surface area contributed by atoms with Crippen molar-refractivity contribution in [2.24, 2.45) is 35.5 Å². The first kappa shape index (κ1) is 86.5. The summed E-state index contributed by atoms with van der Waals surface area (Å²) in [5, 5.41) is 15.0. The lowest BCUT2D eigenvalue weighted by Crippen LogP contribution is -2.39. The van der Waals surface area contributed by atoms with Crippen LogP contribution >= 0.6 is 34.8 Å². The fourth-order valence-electron chi connectivity index (χ4n) is 15.6. The highest BCUT2D eigenvalue weighted by Gasteiger charge is 2.44. The van der Waals surface area contributed by atoms with E-state index in [1.165, 1.54) is 48.6 Å².